The van der Waals surface area contributed by atoms with E-state index in [9.17, 15) is 15.0 Å². The SMILES string of the molecule is C=C(C)C1=C[C@H](N)[C@@H](NC=O)[C@H]([C@H](O)[C@H](O)CO)O1. The average molecular weight is 272 g/mol. The van der Waals surface area contributed by atoms with Gasteiger partial charge in [0.2, 0.25) is 6.41 Å². The van der Waals surface area contributed by atoms with Gasteiger partial charge in [-0.3, -0.25) is 4.79 Å². The second kappa shape index (κ2) is 6.67. The molecule has 1 aliphatic heterocycles. The summed E-state index contributed by atoms with van der Waals surface area (Å²) in [5.74, 6) is 0.394. The number of nitrogens with one attached hydrogen (secondary N) is 1. The summed E-state index contributed by atoms with van der Waals surface area (Å²) in [6, 6.07) is -1.31. The fourth-order valence-corrected chi connectivity index (χ4v) is 1.89. The zero-order valence-electron chi connectivity index (χ0n) is 10.7. The van der Waals surface area contributed by atoms with Gasteiger partial charge in [-0.1, -0.05) is 6.58 Å². The minimum atomic E-state index is -1.39. The maximum Gasteiger partial charge on any atom is 0.207 e. The van der Waals surface area contributed by atoms with Crippen molar-refractivity contribution in [1.82, 2.24) is 5.32 Å². The van der Waals surface area contributed by atoms with Crippen LogP contribution in [-0.4, -0.2) is 58.7 Å². The molecule has 1 heterocycles. The van der Waals surface area contributed by atoms with Crippen molar-refractivity contribution < 1.29 is 24.9 Å². The Morgan fingerprint density at radius 2 is 2.32 bits per heavy atom. The summed E-state index contributed by atoms with van der Waals surface area (Å²) in [6.07, 6.45) is -1.73. The molecule has 0 fully saturated rings. The minimum absolute atomic E-state index is 0.394. The Kier molecular flexibility index (Phi) is 5.49. The Hall–Kier alpha value is -1.41. The van der Waals surface area contributed by atoms with Crippen molar-refractivity contribution in [2.45, 2.75) is 37.3 Å². The van der Waals surface area contributed by atoms with Crippen LogP contribution in [0.3, 0.4) is 0 Å². The lowest BCUT2D eigenvalue weighted by molar-refractivity contribution is -0.118. The molecule has 0 saturated carbocycles. The molecule has 1 amide bonds. The molecule has 0 radical (unpaired) electrons. The number of carbonyl (C=O) groups excluding carboxylic acids is 1. The summed E-state index contributed by atoms with van der Waals surface area (Å²) in [7, 11) is 0. The highest BCUT2D eigenvalue weighted by molar-refractivity contribution is 5.48. The summed E-state index contributed by atoms with van der Waals surface area (Å²) < 4.78 is 5.51. The fourth-order valence-electron chi connectivity index (χ4n) is 1.89. The summed E-state index contributed by atoms with van der Waals surface area (Å²) in [5, 5.41) is 30.8. The number of amides is 1. The van der Waals surface area contributed by atoms with Crippen molar-refractivity contribution in [3.63, 3.8) is 0 Å². The van der Waals surface area contributed by atoms with Crippen LogP contribution in [0.1, 0.15) is 6.92 Å². The van der Waals surface area contributed by atoms with Gasteiger partial charge in [-0.25, -0.2) is 0 Å². The van der Waals surface area contributed by atoms with Gasteiger partial charge in [0, 0.05) is 0 Å². The van der Waals surface area contributed by atoms with Crippen LogP contribution < -0.4 is 11.1 Å². The van der Waals surface area contributed by atoms with Gasteiger partial charge in [-0.15, -0.1) is 0 Å². The monoisotopic (exact) mass is 272 g/mol. The smallest absolute Gasteiger partial charge is 0.207 e. The van der Waals surface area contributed by atoms with Crippen LogP contribution in [0, 0.1) is 0 Å². The number of nitrogens with two attached hydrogens (primary N) is 1. The molecule has 0 saturated heterocycles. The van der Waals surface area contributed by atoms with Gasteiger partial charge in [0.25, 0.3) is 0 Å². The number of rotatable bonds is 6. The number of aliphatic hydroxyl groups is 3. The molecule has 1 aliphatic rings. The number of aliphatic hydroxyl groups excluding tert-OH is 3. The van der Waals surface area contributed by atoms with Crippen LogP contribution in [-0.2, 0) is 9.53 Å². The molecule has 108 valence electrons. The van der Waals surface area contributed by atoms with E-state index in [1.54, 1.807) is 13.0 Å². The Bertz CT molecular complexity index is 371. The maximum absolute atomic E-state index is 10.6. The van der Waals surface area contributed by atoms with Gasteiger partial charge in [-0.2, -0.15) is 0 Å². The first-order chi connectivity index (χ1) is 8.92. The normalized spacial score (nSPS) is 29.7. The van der Waals surface area contributed by atoms with Gasteiger partial charge >= 0.3 is 0 Å². The lowest BCUT2D eigenvalue weighted by Crippen LogP contribution is -2.60. The van der Waals surface area contributed by atoms with E-state index in [1.807, 2.05) is 0 Å². The molecular weight excluding hydrogens is 252 g/mol. The Labute approximate surface area is 111 Å². The first kappa shape index (κ1) is 15.6. The molecule has 0 unspecified atom stereocenters. The predicted molar refractivity (Wildman–Crippen MR) is 67.8 cm³/mol. The van der Waals surface area contributed by atoms with E-state index in [-0.39, 0.29) is 0 Å². The highest BCUT2D eigenvalue weighted by Crippen LogP contribution is 2.24. The summed E-state index contributed by atoms with van der Waals surface area (Å²) in [4.78, 5) is 10.6. The standard InChI is InChI=1S/C12H20N2O5/c1-6(2)9-3-7(13)10(14-5-16)12(19-9)11(18)8(17)4-15/h3,5,7-8,10-12,15,17-18H,1,4,13H2,2H3,(H,14,16)/t7-,8+,10+,11+,12+/m0/s1. The molecule has 0 spiro atoms. The molecule has 0 aromatic heterocycles. The Balaban J connectivity index is 2.99. The highest BCUT2D eigenvalue weighted by Gasteiger charge is 2.40. The number of hydrogen-bond acceptors (Lipinski definition) is 6. The molecule has 5 atom stereocenters. The van der Waals surface area contributed by atoms with Crippen molar-refractivity contribution in [1.29, 1.82) is 0 Å². The summed E-state index contributed by atoms with van der Waals surface area (Å²) >= 11 is 0. The molecule has 7 nitrogen and oxygen atoms in total. The van der Waals surface area contributed by atoms with E-state index in [0.717, 1.165) is 0 Å². The summed E-state index contributed by atoms with van der Waals surface area (Å²) in [5.41, 5.74) is 6.50. The molecule has 0 aliphatic carbocycles. The molecule has 0 bridgehead atoms. The first-order valence-corrected chi connectivity index (χ1v) is 5.89. The van der Waals surface area contributed by atoms with Gasteiger partial charge < -0.3 is 31.1 Å². The van der Waals surface area contributed by atoms with Crippen LogP contribution >= 0.6 is 0 Å². The third-order valence-corrected chi connectivity index (χ3v) is 2.97. The third-order valence-electron chi connectivity index (χ3n) is 2.97. The number of carbonyl (C=O) groups is 1. The van der Waals surface area contributed by atoms with E-state index in [2.05, 4.69) is 11.9 Å². The minimum Gasteiger partial charge on any atom is -0.485 e. The zero-order valence-corrected chi connectivity index (χ0v) is 10.7. The quantitative estimate of drug-likeness (QED) is 0.356. The molecule has 1 rings (SSSR count). The molecule has 6 N–H and O–H groups in total. The average Bonchev–Trinajstić information content (AvgIpc) is 2.38. The van der Waals surface area contributed by atoms with E-state index in [1.165, 1.54) is 0 Å². The van der Waals surface area contributed by atoms with Gasteiger partial charge in [0.15, 0.2) is 0 Å². The van der Waals surface area contributed by atoms with Gasteiger partial charge in [0.05, 0.1) is 18.7 Å². The van der Waals surface area contributed by atoms with E-state index in [4.69, 9.17) is 15.6 Å². The van der Waals surface area contributed by atoms with Crippen molar-refractivity contribution >= 4 is 6.41 Å². The second-order valence-electron chi connectivity index (χ2n) is 4.52. The fraction of sp³-hybridized carbons (Fsp3) is 0.583. The van der Waals surface area contributed by atoms with E-state index >= 15 is 0 Å². The van der Waals surface area contributed by atoms with Gasteiger partial charge in [0.1, 0.15) is 24.1 Å². The van der Waals surface area contributed by atoms with Crippen LogP contribution in [0.25, 0.3) is 0 Å². The zero-order chi connectivity index (χ0) is 14.6. The number of allylic oxidation sites excluding steroid dienone is 1. The van der Waals surface area contributed by atoms with Crippen LogP contribution in [0.2, 0.25) is 0 Å². The Morgan fingerprint density at radius 3 is 2.79 bits per heavy atom. The van der Waals surface area contributed by atoms with Crippen molar-refractivity contribution in [2.24, 2.45) is 5.73 Å². The highest BCUT2D eigenvalue weighted by atomic mass is 16.5. The van der Waals surface area contributed by atoms with Crippen LogP contribution in [0.4, 0.5) is 0 Å². The van der Waals surface area contributed by atoms with Crippen molar-refractivity contribution in [3.8, 4) is 0 Å². The lowest BCUT2D eigenvalue weighted by atomic mass is 9.92. The topological polar surface area (TPSA) is 125 Å². The molecule has 7 heteroatoms. The first-order valence-electron chi connectivity index (χ1n) is 5.89. The van der Waals surface area contributed by atoms with Crippen LogP contribution in [0.5, 0.6) is 0 Å². The molecule has 0 aromatic rings. The predicted octanol–water partition coefficient (Wildman–Crippen LogP) is -2.00. The van der Waals surface area contributed by atoms with Crippen molar-refractivity contribution in [3.05, 3.63) is 24.0 Å². The lowest BCUT2D eigenvalue weighted by Gasteiger charge is -2.39. The second-order valence-corrected chi connectivity index (χ2v) is 4.52. The maximum atomic E-state index is 10.6. The third kappa shape index (κ3) is 3.54. The van der Waals surface area contributed by atoms with E-state index < -0.39 is 37.0 Å². The van der Waals surface area contributed by atoms with Crippen molar-refractivity contribution in [2.75, 3.05) is 6.61 Å². The molecule has 19 heavy (non-hydrogen) atoms. The van der Waals surface area contributed by atoms with E-state index in [0.29, 0.717) is 17.7 Å². The number of ether oxygens (including phenoxy) is 1. The van der Waals surface area contributed by atoms with Gasteiger partial charge in [-0.05, 0) is 18.6 Å². The molecule has 0 aromatic carbocycles. The largest absolute Gasteiger partial charge is 0.485 e. The summed E-state index contributed by atoms with van der Waals surface area (Å²) in [6.45, 7) is 4.79. The van der Waals surface area contributed by atoms with Crippen LogP contribution in [0.15, 0.2) is 24.0 Å². The number of hydrogen-bond donors (Lipinski definition) is 5. The molecular formula is C12H20N2O5. The Morgan fingerprint density at radius 1 is 1.68 bits per heavy atom.